The van der Waals surface area contributed by atoms with Gasteiger partial charge in [0.15, 0.2) is 0 Å². The zero-order valence-electron chi connectivity index (χ0n) is 11.4. The number of aryl methyl sites for hydroxylation is 1. The molecule has 96 valence electrons. The monoisotopic (exact) mass is 244 g/mol. The van der Waals surface area contributed by atoms with Crippen LogP contribution < -0.4 is 0 Å². The van der Waals surface area contributed by atoms with E-state index in [1.54, 1.807) is 0 Å². The molecule has 3 nitrogen and oxygen atoms in total. The fourth-order valence-corrected chi connectivity index (χ4v) is 3.04. The molecule has 1 fully saturated rings. The molecule has 1 aromatic carbocycles. The van der Waals surface area contributed by atoms with E-state index in [0.717, 1.165) is 16.9 Å². The molecule has 1 N–H and O–H groups in total. The van der Waals surface area contributed by atoms with E-state index in [2.05, 4.69) is 50.9 Å². The Morgan fingerprint density at radius 2 is 1.94 bits per heavy atom. The highest BCUT2D eigenvalue weighted by atomic mass is 16.5. The van der Waals surface area contributed by atoms with Crippen molar-refractivity contribution >= 4 is 11.0 Å². The minimum atomic E-state index is 0.233. The van der Waals surface area contributed by atoms with Crippen LogP contribution in [0.1, 0.15) is 38.1 Å². The molecule has 1 aliphatic heterocycles. The van der Waals surface area contributed by atoms with Crippen molar-refractivity contribution in [3.8, 4) is 0 Å². The van der Waals surface area contributed by atoms with Crippen molar-refractivity contribution in [2.75, 3.05) is 0 Å². The van der Waals surface area contributed by atoms with Crippen molar-refractivity contribution in [1.82, 2.24) is 9.97 Å². The zero-order chi connectivity index (χ0) is 12.9. The third-order valence-corrected chi connectivity index (χ3v) is 4.21. The highest BCUT2D eigenvalue weighted by molar-refractivity contribution is 5.75. The molecule has 1 aromatic heterocycles. The molecule has 4 atom stereocenters. The van der Waals surface area contributed by atoms with Gasteiger partial charge in [-0.25, -0.2) is 4.98 Å². The molecule has 2 aromatic rings. The van der Waals surface area contributed by atoms with Crippen molar-refractivity contribution in [1.29, 1.82) is 0 Å². The Morgan fingerprint density at radius 3 is 2.61 bits per heavy atom. The molecule has 0 spiro atoms. The molecule has 3 heteroatoms. The lowest BCUT2D eigenvalue weighted by molar-refractivity contribution is 0.0554. The van der Waals surface area contributed by atoms with Gasteiger partial charge < -0.3 is 9.72 Å². The van der Waals surface area contributed by atoms with E-state index in [9.17, 15) is 0 Å². The Bertz CT molecular complexity index is 575. The van der Waals surface area contributed by atoms with Crippen molar-refractivity contribution in [3.63, 3.8) is 0 Å². The van der Waals surface area contributed by atoms with Crippen LogP contribution in [0, 0.1) is 12.8 Å². The Balaban J connectivity index is 2.04. The van der Waals surface area contributed by atoms with E-state index in [-0.39, 0.29) is 6.10 Å². The Kier molecular flexibility index (Phi) is 2.67. The predicted molar refractivity (Wildman–Crippen MR) is 72.7 cm³/mol. The maximum atomic E-state index is 5.90. The van der Waals surface area contributed by atoms with E-state index < -0.39 is 0 Å². The van der Waals surface area contributed by atoms with Crippen LogP contribution in [0.4, 0.5) is 0 Å². The Hall–Kier alpha value is -1.35. The molecule has 1 saturated heterocycles. The number of hydrogen-bond donors (Lipinski definition) is 1. The van der Waals surface area contributed by atoms with Crippen molar-refractivity contribution < 1.29 is 4.74 Å². The number of H-pyrrole nitrogens is 1. The number of hydrogen-bond acceptors (Lipinski definition) is 2. The number of nitrogens with zero attached hydrogens (tertiary/aromatic N) is 1. The molecule has 0 radical (unpaired) electrons. The normalized spacial score (nSPS) is 32.2. The first-order chi connectivity index (χ1) is 8.56. The smallest absolute Gasteiger partial charge is 0.113 e. The zero-order valence-corrected chi connectivity index (χ0v) is 11.4. The van der Waals surface area contributed by atoms with Crippen LogP contribution in [0.2, 0.25) is 0 Å². The van der Waals surface area contributed by atoms with Gasteiger partial charge in [-0.05, 0) is 44.4 Å². The van der Waals surface area contributed by atoms with Gasteiger partial charge in [-0.15, -0.1) is 0 Å². The highest BCUT2D eigenvalue weighted by Crippen LogP contribution is 2.39. The summed E-state index contributed by atoms with van der Waals surface area (Å²) < 4.78 is 5.90. The predicted octanol–water partition coefficient (Wildman–Crippen LogP) is 3.40. The number of fused-ring (bicyclic) bond motifs is 1. The van der Waals surface area contributed by atoms with Crippen LogP contribution in [-0.4, -0.2) is 22.2 Å². The molecule has 3 rings (SSSR count). The number of imidazole rings is 1. The van der Waals surface area contributed by atoms with Gasteiger partial charge in [0, 0.05) is 5.92 Å². The topological polar surface area (TPSA) is 37.9 Å². The van der Waals surface area contributed by atoms with Gasteiger partial charge in [0.25, 0.3) is 0 Å². The summed E-state index contributed by atoms with van der Waals surface area (Å²) in [7, 11) is 0. The number of benzene rings is 1. The van der Waals surface area contributed by atoms with E-state index in [1.807, 2.05) is 0 Å². The molecule has 0 aliphatic carbocycles. The first-order valence-electron chi connectivity index (χ1n) is 6.68. The van der Waals surface area contributed by atoms with Gasteiger partial charge in [0.05, 0.1) is 23.2 Å². The third-order valence-electron chi connectivity index (χ3n) is 4.21. The summed E-state index contributed by atoms with van der Waals surface area (Å²) in [4.78, 5) is 8.20. The van der Waals surface area contributed by atoms with Crippen LogP contribution in [0.25, 0.3) is 11.0 Å². The summed E-state index contributed by atoms with van der Waals surface area (Å²) in [5.74, 6) is 1.94. The number of aromatic nitrogens is 2. The van der Waals surface area contributed by atoms with E-state index in [4.69, 9.17) is 9.72 Å². The fourth-order valence-electron chi connectivity index (χ4n) is 3.04. The molecule has 1 aliphatic rings. The molecule has 0 saturated carbocycles. The lowest BCUT2D eigenvalue weighted by atomic mass is 9.89. The van der Waals surface area contributed by atoms with Gasteiger partial charge >= 0.3 is 0 Å². The van der Waals surface area contributed by atoms with Crippen molar-refractivity contribution in [2.45, 2.75) is 45.8 Å². The Morgan fingerprint density at radius 1 is 1.17 bits per heavy atom. The minimum absolute atomic E-state index is 0.233. The van der Waals surface area contributed by atoms with E-state index in [1.165, 1.54) is 5.56 Å². The first-order valence-corrected chi connectivity index (χ1v) is 6.68. The van der Waals surface area contributed by atoms with Gasteiger partial charge in [-0.2, -0.15) is 0 Å². The first kappa shape index (κ1) is 11.7. The van der Waals surface area contributed by atoms with Crippen LogP contribution in [0.3, 0.4) is 0 Å². The highest BCUT2D eigenvalue weighted by Gasteiger charge is 2.39. The second kappa shape index (κ2) is 4.09. The lowest BCUT2D eigenvalue weighted by Crippen LogP contribution is -2.16. The van der Waals surface area contributed by atoms with Crippen LogP contribution in [0.5, 0.6) is 0 Å². The number of nitrogens with one attached hydrogen (secondary N) is 1. The molecular formula is C15H20N2O. The Labute approximate surface area is 108 Å². The third kappa shape index (κ3) is 1.74. The van der Waals surface area contributed by atoms with Crippen LogP contribution in [0.15, 0.2) is 18.2 Å². The second-order valence-electron chi connectivity index (χ2n) is 5.57. The van der Waals surface area contributed by atoms with Crippen LogP contribution in [-0.2, 0) is 4.74 Å². The van der Waals surface area contributed by atoms with E-state index in [0.29, 0.717) is 17.9 Å². The summed E-state index contributed by atoms with van der Waals surface area (Å²) >= 11 is 0. The SMILES string of the molecule is Cc1ccc2nc(C3C(C)OC(C)C3C)[nH]c2c1. The van der Waals surface area contributed by atoms with Gasteiger partial charge in [0.2, 0.25) is 0 Å². The fraction of sp³-hybridized carbons (Fsp3) is 0.533. The minimum Gasteiger partial charge on any atom is -0.374 e. The van der Waals surface area contributed by atoms with Gasteiger partial charge in [0.1, 0.15) is 5.82 Å². The molecule has 4 unspecified atom stereocenters. The average Bonchev–Trinajstić information content (AvgIpc) is 2.80. The van der Waals surface area contributed by atoms with E-state index >= 15 is 0 Å². The quantitative estimate of drug-likeness (QED) is 0.835. The molecule has 2 heterocycles. The average molecular weight is 244 g/mol. The summed E-state index contributed by atoms with van der Waals surface area (Å²) in [5.41, 5.74) is 3.44. The van der Waals surface area contributed by atoms with Gasteiger partial charge in [-0.1, -0.05) is 13.0 Å². The maximum absolute atomic E-state index is 5.90. The number of aromatic amines is 1. The standard InChI is InChI=1S/C15H20N2O/c1-8-5-6-12-13(7-8)17-15(16-12)14-9(2)10(3)18-11(14)4/h5-7,9-11,14H,1-4H3,(H,16,17). The second-order valence-corrected chi connectivity index (χ2v) is 5.57. The largest absolute Gasteiger partial charge is 0.374 e. The lowest BCUT2D eigenvalue weighted by Gasteiger charge is -2.15. The van der Waals surface area contributed by atoms with Gasteiger partial charge in [-0.3, -0.25) is 0 Å². The summed E-state index contributed by atoms with van der Waals surface area (Å²) in [6.07, 6.45) is 0.539. The number of rotatable bonds is 1. The summed E-state index contributed by atoms with van der Waals surface area (Å²) in [5, 5.41) is 0. The molecule has 0 amide bonds. The number of ether oxygens (including phenoxy) is 1. The summed E-state index contributed by atoms with van der Waals surface area (Å²) in [6, 6.07) is 6.34. The molecular weight excluding hydrogens is 224 g/mol. The maximum Gasteiger partial charge on any atom is 0.113 e. The van der Waals surface area contributed by atoms with Crippen molar-refractivity contribution in [2.24, 2.45) is 5.92 Å². The van der Waals surface area contributed by atoms with Crippen molar-refractivity contribution in [3.05, 3.63) is 29.6 Å². The molecule has 0 bridgehead atoms. The summed E-state index contributed by atoms with van der Waals surface area (Å²) in [6.45, 7) is 8.64. The van der Waals surface area contributed by atoms with Crippen LogP contribution >= 0.6 is 0 Å². The molecule has 18 heavy (non-hydrogen) atoms.